The molecule has 3 aromatic rings. The van der Waals surface area contributed by atoms with Crippen LogP contribution in [-0.2, 0) is 21.4 Å². The molecule has 0 aliphatic carbocycles. The molecule has 0 aromatic heterocycles. The lowest BCUT2D eigenvalue weighted by Crippen LogP contribution is -2.37. The van der Waals surface area contributed by atoms with E-state index in [1.807, 2.05) is 0 Å². The van der Waals surface area contributed by atoms with Gasteiger partial charge in [0.1, 0.15) is 10.7 Å². The van der Waals surface area contributed by atoms with E-state index in [9.17, 15) is 17.6 Å². The third kappa shape index (κ3) is 6.05. The van der Waals surface area contributed by atoms with Crippen LogP contribution >= 0.6 is 39.1 Å². The van der Waals surface area contributed by atoms with Gasteiger partial charge < -0.3 is 5.32 Å². The van der Waals surface area contributed by atoms with Gasteiger partial charge in [-0.15, -0.1) is 0 Å². The van der Waals surface area contributed by atoms with Crippen LogP contribution in [0.4, 0.5) is 10.1 Å². The predicted octanol–water partition coefficient (Wildman–Crippen LogP) is 5.72. The molecule has 3 rings (SSSR count). The Labute approximate surface area is 198 Å². The van der Waals surface area contributed by atoms with Crippen molar-refractivity contribution in [3.8, 4) is 0 Å². The van der Waals surface area contributed by atoms with Crippen molar-refractivity contribution in [1.29, 1.82) is 0 Å². The van der Waals surface area contributed by atoms with Crippen LogP contribution in [0.25, 0.3) is 0 Å². The Hall–Kier alpha value is -1.97. The summed E-state index contributed by atoms with van der Waals surface area (Å²) in [5, 5.41) is 2.56. The third-order valence-corrected chi connectivity index (χ3v) is 7.24. The Balaban J connectivity index is 1.92. The van der Waals surface area contributed by atoms with E-state index in [1.165, 1.54) is 30.3 Å². The monoisotopic (exact) mass is 544 g/mol. The van der Waals surface area contributed by atoms with E-state index in [0.29, 0.717) is 10.0 Å². The normalized spacial score (nSPS) is 11.5. The number of hydrogen-bond acceptors (Lipinski definition) is 3. The lowest BCUT2D eigenvalue weighted by molar-refractivity contribution is -0.116. The fourth-order valence-corrected chi connectivity index (χ4v) is 5.22. The summed E-state index contributed by atoms with van der Waals surface area (Å²) in [6, 6.07) is 16.9. The zero-order chi connectivity index (χ0) is 22.6. The highest BCUT2D eigenvalue weighted by molar-refractivity contribution is 9.10. The molecule has 10 heteroatoms. The van der Waals surface area contributed by atoms with Crippen molar-refractivity contribution in [2.24, 2.45) is 0 Å². The van der Waals surface area contributed by atoms with Crippen molar-refractivity contribution in [1.82, 2.24) is 4.31 Å². The fraction of sp³-hybridized carbons (Fsp3) is 0.0952. The average molecular weight is 546 g/mol. The first-order valence-electron chi connectivity index (χ1n) is 8.91. The Morgan fingerprint density at radius 2 is 1.74 bits per heavy atom. The number of carbonyl (C=O) groups excluding carboxylic acids is 1. The summed E-state index contributed by atoms with van der Waals surface area (Å²) >= 11 is 15.2. The van der Waals surface area contributed by atoms with Gasteiger partial charge in [0.2, 0.25) is 15.9 Å². The number of amides is 1. The molecule has 0 aliphatic heterocycles. The summed E-state index contributed by atoms with van der Waals surface area (Å²) in [5.74, 6) is -1.36. The minimum Gasteiger partial charge on any atom is -0.322 e. The molecule has 0 aliphatic rings. The van der Waals surface area contributed by atoms with Crippen LogP contribution in [0.5, 0.6) is 0 Å². The SMILES string of the molecule is O=C(CN(Cc1ccccc1)S(=O)(=O)c1cc(Cl)ccc1Cl)Nc1ccc(Br)cc1F. The van der Waals surface area contributed by atoms with Crippen LogP contribution < -0.4 is 5.32 Å². The summed E-state index contributed by atoms with van der Waals surface area (Å²) < 4.78 is 42.2. The van der Waals surface area contributed by atoms with Gasteiger partial charge >= 0.3 is 0 Å². The molecule has 0 spiro atoms. The number of nitrogens with zero attached hydrogens (tertiary/aromatic N) is 1. The Bertz CT molecular complexity index is 1210. The summed E-state index contributed by atoms with van der Waals surface area (Å²) in [7, 11) is -4.20. The zero-order valence-electron chi connectivity index (χ0n) is 15.9. The minimum absolute atomic E-state index is 0.0261. The molecule has 5 nitrogen and oxygen atoms in total. The second-order valence-corrected chi connectivity index (χ2v) is 10.2. The van der Waals surface area contributed by atoms with Gasteiger partial charge in [0.15, 0.2) is 0 Å². The summed E-state index contributed by atoms with van der Waals surface area (Å²) in [4.78, 5) is 12.4. The van der Waals surface area contributed by atoms with Crippen molar-refractivity contribution >= 4 is 60.7 Å². The number of anilines is 1. The molecule has 0 saturated heterocycles. The highest BCUT2D eigenvalue weighted by Gasteiger charge is 2.29. The number of hydrogen-bond donors (Lipinski definition) is 1. The number of halogens is 4. The highest BCUT2D eigenvalue weighted by atomic mass is 79.9. The molecular formula is C21H16BrCl2FN2O3S. The van der Waals surface area contributed by atoms with Crippen molar-refractivity contribution < 1.29 is 17.6 Å². The van der Waals surface area contributed by atoms with Crippen LogP contribution in [0.1, 0.15) is 5.56 Å². The van der Waals surface area contributed by atoms with Gasteiger partial charge in [0.05, 0.1) is 17.3 Å². The van der Waals surface area contributed by atoms with E-state index in [1.54, 1.807) is 36.4 Å². The van der Waals surface area contributed by atoms with Crippen molar-refractivity contribution in [2.45, 2.75) is 11.4 Å². The van der Waals surface area contributed by atoms with E-state index >= 15 is 0 Å². The van der Waals surface area contributed by atoms with E-state index in [2.05, 4.69) is 21.2 Å². The lowest BCUT2D eigenvalue weighted by atomic mass is 10.2. The maximum atomic E-state index is 14.1. The molecule has 1 N–H and O–H groups in total. The fourth-order valence-electron chi connectivity index (χ4n) is 2.77. The molecule has 0 atom stereocenters. The molecule has 0 radical (unpaired) electrons. The first-order chi connectivity index (χ1) is 14.7. The number of rotatable bonds is 7. The van der Waals surface area contributed by atoms with Gasteiger partial charge in [-0.1, -0.05) is 69.5 Å². The Morgan fingerprint density at radius 3 is 2.42 bits per heavy atom. The molecule has 0 bridgehead atoms. The summed E-state index contributed by atoms with van der Waals surface area (Å²) in [6.07, 6.45) is 0. The molecule has 31 heavy (non-hydrogen) atoms. The maximum absolute atomic E-state index is 14.1. The van der Waals surface area contributed by atoms with Crippen molar-refractivity contribution in [3.63, 3.8) is 0 Å². The van der Waals surface area contributed by atoms with E-state index < -0.39 is 28.3 Å². The van der Waals surface area contributed by atoms with Crippen LogP contribution in [-0.4, -0.2) is 25.2 Å². The molecular weight excluding hydrogens is 530 g/mol. The van der Waals surface area contributed by atoms with E-state index in [0.717, 1.165) is 4.31 Å². The topological polar surface area (TPSA) is 66.5 Å². The molecule has 0 unspecified atom stereocenters. The number of carbonyl (C=O) groups is 1. The van der Waals surface area contributed by atoms with Crippen molar-refractivity contribution in [2.75, 3.05) is 11.9 Å². The third-order valence-electron chi connectivity index (χ3n) is 4.24. The smallest absolute Gasteiger partial charge is 0.245 e. The Kier molecular flexibility index (Phi) is 7.72. The van der Waals surface area contributed by atoms with E-state index in [-0.39, 0.29) is 27.2 Å². The second-order valence-electron chi connectivity index (χ2n) is 6.51. The van der Waals surface area contributed by atoms with Crippen molar-refractivity contribution in [3.05, 3.63) is 92.6 Å². The standard InChI is InChI=1S/C21H16BrCl2FN2O3S/c22-15-6-9-19(18(25)10-15)26-21(28)13-27(12-14-4-2-1-3-5-14)31(29,30)20-11-16(23)7-8-17(20)24/h1-11H,12-13H2,(H,26,28). The van der Waals surface area contributed by atoms with E-state index in [4.69, 9.17) is 23.2 Å². The summed E-state index contributed by atoms with van der Waals surface area (Å²) in [5.41, 5.74) is 0.595. The van der Waals surface area contributed by atoms with Gasteiger partial charge in [-0.2, -0.15) is 4.31 Å². The second kappa shape index (κ2) is 10.1. The van der Waals surface area contributed by atoms with Gasteiger partial charge in [-0.25, -0.2) is 12.8 Å². The quantitative estimate of drug-likeness (QED) is 0.412. The molecule has 0 saturated carbocycles. The number of sulfonamides is 1. The molecule has 162 valence electrons. The molecule has 0 heterocycles. The number of benzene rings is 3. The Morgan fingerprint density at radius 1 is 1.03 bits per heavy atom. The van der Waals surface area contributed by atoms with Gasteiger partial charge in [0.25, 0.3) is 0 Å². The average Bonchev–Trinajstić information content (AvgIpc) is 2.72. The molecule has 1 amide bonds. The van der Waals surface area contributed by atoms with Gasteiger partial charge in [-0.05, 0) is 42.0 Å². The first kappa shape index (κ1) is 23.7. The molecule has 3 aromatic carbocycles. The molecule has 0 fully saturated rings. The van der Waals surface area contributed by atoms with Gasteiger partial charge in [0, 0.05) is 16.0 Å². The minimum atomic E-state index is -4.20. The zero-order valence-corrected chi connectivity index (χ0v) is 19.8. The summed E-state index contributed by atoms with van der Waals surface area (Å²) in [6.45, 7) is -0.655. The van der Waals surface area contributed by atoms with Crippen LogP contribution in [0.3, 0.4) is 0 Å². The van der Waals surface area contributed by atoms with Crippen LogP contribution in [0.15, 0.2) is 76.1 Å². The predicted molar refractivity (Wildman–Crippen MR) is 123 cm³/mol. The lowest BCUT2D eigenvalue weighted by Gasteiger charge is -2.23. The largest absolute Gasteiger partial charge is 0.322 e. The highest BCUT2D eigenvalue weighted by Crippen LogP contribution is 2.29. The van der Waals surface area contributed by atoms with Gasteiger partial charge in [-0.3, -0.25) is 4.79 Å². The maximum Gasteiger partial charge on any atom is 0.245 e. The first-order valence-corrected chi connectivity index (χ1v) is 11.9. The van der Waals surface area contributed by atoms with Crippen LogP contribution in [0.2, 0.25) is 10.0 Å². The number of nitrogens with one attached hydrogen (secondary N) is 1. The van der Waals surface area contributed by atoms with Crippen LogP contribution in [0, 0.1) is 5.82 Å².